The quantitative estimate of drug-likeness (QED) is 0.513. The molecule has 2 atom stereocenters. The molecule has 0 unspecified atom stereocenters. The van der Waals surface area contributed by atoms with E-state index in [2.05, 4.69) is 26.2 Å². The smallest absolute Gasteiger partial charge is 0.133 e. The summed E-state index contributed by atoms with van der Waals surface area (Å²) < 4.78 is 0. The molecule has 0 spiro atoms. The van der Waals surface area contributed by atoms with Crippen molar-refractivity contribution in [3.63, 3.8) is 0 Å². The van der Waals surface area contributed by atoms with E-state index in [4.69, 9.17) is 0 Å². The van der Waals surface area contributed by atoms with Crippen LogP contribution in [-0.2, 0) is 4.79 Å². The Hall–Kier alpha value is -0.373. The fraction of sp³-hybridized carbons (Fsp3) is 0.750. The van der Waals surface area contributed by atoms with Crippen LogP contribution in [0.15, 0.2) is 12.7 Å². The van der Waals surface area contributed by atoms with E-state index < -0.39 is 8.07 Å². The number of hydrogen-bond donors (Lipinski definition) is 0. The summed E-state index contributed by atoms with van der Waals surface area (Å²) >= 11 is 0. The third kappa shape index (κ3) is 3.09. The lowest BCUT2D eigenvalue weighted by molar-refractivity contribution is -0.121. The van der Waals surface area contributed by atoms with Crippen LogP contribution in [0.1, 0.15) is 25.7 Å². The molecule has 1 nitrogen and oxygen atoms in total. The molecule has 1 saturated carbocycles. The minimum absolute atomic E-state index is 0.482. The largest absolute Gasteiger partial charge is 0.300 e. The van der Waals surface area contributed by atoms with Gasteiger partial charge in [-0.1, -0.05) is 25.7 Å². The second-order valence-corrected chi connectivity index (χ2v) is 11.2. The van der Waals surface area contributed by atoms with Crippen molar-refractivity contribution in [1.82, 2.24) is 0 Å². The zero-order chi connectivity index (χ0) is 10.8. The van der Waals surface area contributed by atoms with Crippen LogP contribution >= 0.6 is 0 Å². The first-order valence-electron chi connectivity index (χ1n) is 5.56. The molecule has 14 heavy (non-hydrogen) atoms. The van der Waals surface area contributed by atoms with E-state index in [1.807, 2.05) is 6.08 Å². The molecule has 2 heteroatoms. The zero-order valence-electron chi connectivity index (χ0n) is 9.68. The molecule has 0 radical (unpaired) electrons. The molecule has 1 rings (SSSR count). The highest BCUT2D eigenvalue weighted by Crippen LogP contribution is 2.39. The number of Topliss-reactive ketones (excluding diaryl/α,β-unsaturated/α-hetero) is 1. The van der Waals surface area contributed by atoms with Gasteiger partial charge in [0.05, 0.1) is 0 Å². The number of hydrogen-bond acceptors (Lipinski definition) is 1. The third-order valence-corrected chi connectivity index (χ3v) is 6.22. The van der Waals surface area contributed by atoms with Gasteiger partial charge in [0.2, 0.25) is 0 Å². The number of rotatable bonds is 3. The Morgan fingerprint density at radius 1 is 1.43 bits per heavy atom. The highest BCUT2D eigenvalue weighted by Gasteiger charge is 2.34. The maximum atomic E-state index is 11.6. The van der Waals surface area contributed by atoms with Crippen LogP contribution in [-0.4, -0.2) is 13.9 Å². The van der Waals surface area contributed by atoms with Gasteiger partial charge >= 0.3 is 0 Å². The third-order valence-electron chi connectivity index (χ3n) is 3.33. The molecule has 0 bridgehead atoms. The summed E-state index contributed by atoms with van der Waals surface area (Å²) in [5.41, 5.74) is 0.702. The Morgan fingerprint density at radius 3 is 2.57 bits per heavy atom. The molecule has 0 aromatic rings. The lowest BCUT2D eigenvalue weighted by Crippen LogP contribution is -2.35. The van der Waals surface area contributed by atoms with Crippen LogP contribution < -0.4 is 0 Å². The van der Waals surface area contributed by atoms with Gasteiger partial charge < -0.3 is 0 Å². The number of ketones is 1. The molecule has 0 aromatic heterocycles. The zero-order valence-corrected chi connectivity index (χ0v) is 10.7. The van der Waals surface area contributed by atoms with Crippen LogP contribution in [0, 0.1) is 5.92 Å². The fourth-order valence-corrected chi connectivity index (χ4v) is 4.20. The molecular formula is C12H22OSi. The second-order valence-electron chi connectivity index (χ2n) is 5.64. The summed E-state index contributed by atoms with van der Waals surface area (Å²) in [6, 6.07) is 0. The summed E-state index contributed by atoms with van der Waals surface area (Å²) in [6.07, 6.45) is 5.89. The van der Waals surface area contributed by atoms with Crippen molar-refractivity contribution >= 4 is 13.9 Å². The topological polar surface area (TPSA) is 17.1 Å². The number of allylic oxidation sites excluding steroid dienone is 1. The Bertz CT molecular complexity index is 227. The Labute approximate surface area is 88.6 Å². The van der Waals surface area contributed by atoms with Crippen molar-refractivity contribution in [1.29, 1.82) is 0 Å². The standard InChI is InChI=1S/C12H22OSi/c1-5-6-10-7-11(13)9-12(8-10)14(2,3)4/h5,10,12H,1,6-9H2,2-4H3/t10-,12+/m0/s1. The van der Waals surface area contributed by atoms with Gasteiger partial charge in [0, 0.05) is 20.9 Å². The molecule has 0 N–H and O–H groups in total. The number of carbonyl (C=O) groups excluding carboxylic acids is 1. The summed E-state index contributed by atoms with van der Waals surface area (Å²) in [7, 11) is -1.12. The molecule has 0 amide bonds. The predicted octanol–water partition coefficient (Wildman–Crippen LogP) is 3.64. The van der Waals surface area contributed by atoms with E-state index in [-0.39, 0.29) is 0 Å². The van der Waals surface area contributed by atoms with Crippen molar-refractivity contribution in [2.24, 2.45) is 5.92 Å². The van der Waals surface area contributed by atoms with E-state index in [0.717, 1.165) is 19.3 Å². The second kappa shape index (κ2) is 4.43. The Balaban J connectivity index is 2.62. The van der Waals surface area contributed by atoms with Crippen LogP contribution in [0.2, 0.25) is 25.2 Å². The van der Waals surface area contributed by atoms with E-state index in [0.29, 0.717) is 17.2 Å². The van der Waals surface area contributed by atoms with Gasteiger partial charge in [-0.05, 0) is 24.3 Å². The summed E-state index contributed by atoms with van der Waals surface area (Å²) in [4.78, 5) is 11.6. The predicted molar refractivity (Wildman–Crippen MR) is 64.3 cm³/mol. The van der Waals surface area contributed by atoms with Crippen LogP contribution in [0.4, 0.5) is 0 Å². The molecule has 1 fully saturated rings. The van der Waals surface area contributed by atoms with Crippen LogP contribution in [0.5, 0.6) is 0 Å². The summed E-state index contributed by atoms with van der Waals surface area (Å²) in [5, 5.41) is 0. The van der Waals surface area contributed by atoms with Crippen LogP contribution in [0.25, 0.3) is 0 Å². The van der Waals surface area contributed by atoms with Crippen molar-refractivity contribution in [2.45, 2.75) is 50.9 Å². The molecule has 0 aliphatic heterocycles. The van der Waals surface area contributed by atoms with Gasteiger partial charge in [0.25, 0.3) is 0 Å². The molecule has 0 aromatic carbocycles. The van der Waals surface area contributed by atoms with Gasteiger partial charge in [0.1, 0.15) is 5.78 Å². The Kier molecular flexibility index (Phi) is 3.70. The van der Waals surface area contributed by atoms with E-state index in [1.54, 1.807) is 0 Å². The molecule has 1 aliphatic rings. The first-order valence-corrected chi connectivity index (χ1v) is 9.13. The average molecular weight is 210 g/mol. The fourth-order valence-electron chi connectivity index (χ4n) is 2.32. The minimum atomic E-state index is -1.12. The lowest BCUT2D eigenvalue weighted by atomic mass is 9.86. The van der Waals surface area contributed by atoms with Gasteiger partial charge in [-0.3, -0.25) is 4.79 Å². The SMILES string of the molecule is C=CC[C@H]1CC(=O)C[C@H]([Si](C)(C)C)C1. The first-order chi connectivity index (χ1) is 6.43. The van der Waals surface area contributed by atoms with Gasteiger partial charge in [-0.25, -0.2) is 0 Å². The molecule has 1 aliphatic carbocycles. The molecular weight excluding hydrogens is 188 g/mol. The molecule has 80 valence electrons. The van der Waals surface area contributed by atoms with E-state index in [9.17, 15) is 4.79 Å². The number of carbonyl (C=O) groups is 1. The molecule has 0 saturated heterocycles. The van der Waals surface area contributed by atoms with Gasteiger partial charge in [-0.15, -0.1) is 6.58 Å². The summed E-state index contributed by atoms with van der Waals surface area (Å²) in [6.45, 7) is 10.9. The first kappa shape index (κ1) is 11.7. The van der Waals surface area contributed by atoms with Crippen molar-refractivity contribution in [2.75, 3.05) is 0 Å². The van der Waals surface area contributed by atoms with Crippen molar-refractivity contribution < 1.29 is 4.79 Å². The highest BCUT2D eigenvalue weighted by molar-refractivity contribution is 6.77. The van der Waals surface area contributed by atoms with Crippen LogP contribution in [0.3, 0.4) is 0 Å². The van der Waals surface area contributed by atoms with E-state index in [1.165, 1.54) is 6.42 Å². The minimum Gasteiger partial charge on any atom is -0.300 e. The maximum absolute atomic E-state index is 11.6. The maximum Gasteiger partial charge on any atom is 0.133 e. The average Bonchev–Trinajstić information content (AvgIpc) is 2.02. The van der Waals surface area contributed by atoms with Crippen molar-refractivity contribution in [3.8, 4) is 0 Å². The Morgan fingerprint density at radius 2 is 2.07 bits per heavy atom. The van der Waals surface area contributed by atoms with Gasteiger partial charge in [-0.2, -0.15) is 0 Å². The summed E-state index contributed by atoms with van der Waals surface area (Å²) in [5.74, 6) is 1.07. The van der Waals surface area contributed by atoms with Crippen molar-refractivity contribution in [3.05, 3.63) is 12.7 Å². The molecule has 0 heterocycles. The van der Waals surface area contributed by atoms with Gasteiger partial charge in [0.15, 0.2) is 0 Å². The highest BCUT2D eigenvalue weighted by atomic mass is 28.3. The monoisotopic (exact) mass is 210 g/mol. The van der Waals surface area contributed by atoms with E-state index >= 15 is 0 Å². The lowest BCUT2D eigenvalue weighted by Gasteiger charge is -2.35. The normalized spacial score (nSPS) is 28.9.